The van der Waals surface area contributed by atoms with Crippen molar-refractivity contribution >= 4 is 17.6 Å². The van der Waals surface area contributed by atoms with Crippen molar-refractivity contribution < 1.29 is 19.1 Å². The molecule has 0 aromatic heterocycles. The van der Waals surface area contributed by atoms with Gasteiger partial charge in [-0.2, -0.15) is 0 Å². The zero-order valence-corrected chi connectivity index (χ0v) is 11.0. The molecule has 0 heterocycles. The average Bonchev–Trinajstić information content (AvgIpc) is 2.17. The number of aliphatic hydroxyl groups excluding tert-OH is 1. The van der Waals surface area contributed by atoms with E-state index in [1.807, 2.05) is 14.1 Å². The number of rotatable bonds is 7. The number of nitrogens with zero attached hydrogens (tertiary/aromatic N) is 1. The van der Waals surface area contributed by atoms with E-state index in [0.29, 0.717) is 29.6 Å². The molecular weight excluding hydrogens is 230 g/mol. The topological polar surface area (TPSA) is 46.5 Å². The van der Waals surface area contributed by atoms with Crippen LogP contribution in [0.4, 0.5) is 0 Å². The van der Waals surface area contributed by atoms with Gasteiger partial charge in [-0.15, -0.1) is 0 Å². The Hall–Kier alpha value is -0.580. The summed E-state index contributed by atoms with van der Waals surface area (Å²) in [5.41, 5.74) is 0.205. The van der Waals surface area contributed by atoms with Gasteiger partial charge in [0.15, 0.2) is 5.50 Å². The molecule has 0 spiro atoms. The van der Waals surface area contributed by atoms with Gasteiger partial charge in [0.05, 0.1) is 20.7 Å². The monoisotopic (exact) mass is 250 g/mol. The van der Waals surface area contributed by atoms with Crippen molar-refractivity contribution in [3.8, 4) is 0 Å². The third-order valence-corrected chi connectivity index (χ3v) is 3.12. The Morgan fingerprint density at radius 2 is 2.12 bits per heavy atom. The molecule has 0 saturated carbocycles. The summed E-state index contributed by atoms with van der Waals surface area (Å²) in [6.45, 7) is 6.07. The Kier molecular flexibility index (Phi) is 6.64. The molecule has 4 nitrogen and oxygen atoms in total. The van der Waals surface area contributed by atoms with Crippen LogP contribution in [-0.4, -0.2) is 54.9 Å². The van der Waals surface area contributed by atoms with Crippen LogP contribution in [0.15, 0.2) is 12.2 Å². The van der Waals surface area contributed by atoms with E-state index < -0.39 is 0 Å². The summed E-state index contributed by atoms with van der Waals surface area (Å²) in [6.07, 6.45) is 0.517. The number of quaternary nitrogens is 1. The molecule has 0 aliphatic carbocycles. The van der Waals surface area contributed by atoms with E-state index in [1.54, 1.807) is 6.92 Å². The van der Waals surface area contributed by atoms with Crippen LogP contribution in [0.25, 0.3) is 0 Å². The third kappa shape index (κ3) is 5.49. The maximum absolute atomic E-state index is 11.1. The highest BCUT2D eigenvalue weighted by Gasteiger charge is 2.25. The van der Waals surface area contributed by atoms with Crippen LogP contribution in [0.2, 0.25) is 0 Å². The van der Waals surface area contributed by atoms with E-state index in [0.717, 1.165) is 0 Å². The largest absolute Gasteiger partial charge is 0.456 e. The van der Waals surface area contributed by atoms with Crippen LogP contribution < -0.4 is 0 Å². The summed E-state index contributed by atoms with van der Waals surface area (Å²) in [5.74, 6) is -0.381. The second kappa shape index (κ2) is 6.89. The van der Waals surface area contributed by atoms with Crippen LogP contribution in [0.1, 0.15) is 13.3 Å². The lowest BCUT2D eigenvalue weighted by atomic mass is 10.3. The third-order valence-electron chi connectivity index (χ3n) is 2.37. The van der Waals surface area contributed by atoms with Crippen molar-refractivity contribution in [2.75, 3.05) is 33.9 Å². The quantitative estimate of drug-likeness (QED) is 0.242. The van der Waals surface area contributed by atoms with Gasteiger partial charge in [0.2, 0.25) is 0 Å². The normalized spacial score (nSPS) is 13.3. The molecular formula is C11H21ClNO3+. The lowest BCUT2D eigenvalue weighted by molar-refractivity contribution is -0.902. The predicted molar refractivity (Wildman–Crippen MR) is 64.1 cm³/mol. The van der Waals surface area contributed by atoms with Gasteiger partial charge in [0.25, 0.3) is 0 Å². The highest BCUT2D eigenvalue weighted by atomic mass is 35.5. The second-order valence-corrected chi connectivity index (χ2v) is 4.87. The van der Waals surface area contributed by atoms with Crippen LogP contribution in [-0.2, 0) is 9.53 Å². The minimum atomic E-state index is -0.381. The van der Waals surface area contributed by atoms with E-state index in [2.05, 4.69) is 6.58 Å². The first-order valence-electron chi connectivity index (χ1n) is 5.21. The second-order valence-electron chi connectivity index (χ2n) is 4.37. The number of carbonyl (C=O) groups is 1. The van der Waals surface area contributed by atoms with Crippen molar-refractivity contribution in [1.29, 1.82) is 0 Å². The first-order valence-corrected chi connectivity index (χ1v) is 5.65. The molecule has 0 radical (unpaired) electrons. The average molecular weight is 251 g/mol. The Bertz CT molecular complexity index is 254. The van der Waals surface area contributed by atoms with Crippen molar-refractivity contribution in [2.24, 2.45) is 0 Å². The van der Waals surface area contributed by atoms with Gasteiger partial charge in [-0.3, -0.25) is 0 Å². The fourth-order valence-electron chi connectivity index (χ4n) is 1.09. The van der Waals surface area contributed by atoms with Gasteiger partial charge in [-0.05, 0) is 6.92 Å². The molecule has 16 heavy (non-hydrogen) atoms. The lowest BCUT2D eigenvalue weighted by Gasteiger charge is -2.33. The van der Waals surface area contributed by atoms with Gasteiger partial charge < -0.3 is 14.3 Å². The van der Waals surface area contributed by atoms with Gasteiger partial charge in [-0.25, -0.2) is 4.79 Å². The van der Waals surface area contributed by atoms with E-state index in [4.69, 9.17) is 21.4 Å². The molecule has 1 N–H and O–H groups in total. The maximum Gasteiger partial charge on any atom is 0.333 e. The number of esters is 1. The fourth-order valence-corrected chi connectivity index (χ4v) is 1.29. The van der Waals surface area contributed by atoms with E-state index >= 15 is 0 Å². The Labute approximate surface area is 102 Å². The van der Waals surface area contributed by atoms with Crippen LogP contribution in [0.5, 0.6) is 0 Å². The van der Waals surface area contributed by atoms with Crippen LogP contribution in [0, 0.1) is 0 Å². The fraction of sp³-hybridized carbons (Fsp3) is 0.727. The predicted octanol–water partition coefficient (Wildman–Crippen LogP) is 1.13. The van der Waals surface area contributed by atoms with Crippen LogP contribution >= 0.6 is 11.6 Å². The molecule has 0 rings (SSSR count). The maximum atomic E-state index is 11.1. The highest BCUT2D eigenvalue weighted by molar-refractivity contribution is 6.19. The molecule has 0 aliphatic heterocycles. The van der Waals surface area contributed by atoms with Gasteiger partial charge in [-0.1, -0.05) is 18.2 Å². The van der Waals surface area contributed by atoms with Crippen molar-refractivity contribution in [3.05, 3.63) is 12.2 Å². The molecule has 0 amide bonds. The van der Waals surface area contributed by atoms with Crippen molar-refractivity contribution in [2.45, 2.75) is 18.8 Å². The molecule has 0 aromatic rings. The molecule has 1 atom stereocenters. The standard InChI is InChI=1S/C11H21ClNO3/c1-9(2)11(15)16-8-6-13(3,4)10(12)5-7-14/h10,14H,1,5-8H2,2-4H3/q+1. The van der Waals surface area contributed by atoms with Crippen molar-refractivity contribution in [3.63, 3.8) is 0 Å². The molecule has 0 fully saturated rings. The minimum absolute atomic E-state index is 0.0569. The molecule has 0 bridgehead atoms. The number of alkyl halides is 1. The zero-order chi connectivity index (χ0) is 12.8. The molecule has 5 heteroatoms. The summed E-state index contributed by atoms with van der Waals surface area (Å²) < 4.78 is 5.48. The number of ether oxygens (including phenoxy) is 1. The van der Waals surface area contributed by atoms with E-state index in [-0.39, 0.29) is 18.1 Å². The SMILES string of the molecule is C=C(C)C(=O)OCC[N+](C)(C)C(Cl)CCO. The molecule has 1 unspecified atom stereocenters. The first kappa shape index (κ1) is 15.4. The minimum Gasteiger partial charge on any atom is -0.456 e. The summed E-state index contributed by atoms with van der Waals surface area (Å²) >= 11 is 6.10. The number of halogens is 1. The van der Waals surface area contributed by atoms with Crippen LogP contribution in [0.3, 0.4) is 0 Å². The smallest absolute Gasteiger partial charge is 0.333 e. The molecule has 94 valence electrons. The Morgan fingerprint density at radius 3 is 2.56 bits per heavy atom. The lowest BCUT2D eigenvalue weighted by Crippen LogP contribution is -2.48. The number of likely N-dealkylation sites (N-methyl/N-ethyl adjacent to an activating group) is 1. The number of hydrogen-bond donors (Lipinski definition) is 1. The van der Waals surface area contributed by atoms with Gasteiger partial charge >= 0.3 is 5.97 Å². The van der Waals surface area contributed by atoms with E-state index in [9.17, 15) is 4.79 Å². The zero-order valence-electron chi connectivity index (χ0n) is 10.2. The summed E-state index contributed by atoms with van der Waals surface area (Å²) in [5, 5.41) is 8.80. The number of hydrogen-bond acceptors (Lipinski definition) is 3. The van der Waals surface area contributed by atoms with Gasteiger partial charge in [0.1, 0.15) is 13.2 Å². The van der Waals surface area contributed by atoms with E-state index in [1.165, 1.54) is 0 Å². The highest BCUT2D eigenvalue weighted by Crippen LogP contribution is 2.14. The Morgan fingerprint density at radius 1 is 1.56 bits per heavy atom. The number of aliphatic hydroxyl groups is 1. The summed E-state index contributed by atoms with van der Waals surface area (Å²) in [7, 11) is 3.86. The Balaban J connectivity index is 3.99. The van der Waals surface area contributed by atoms with Gasteiger partial charge in [0, 0.05) is 12.0 Å². The summed E-state index contributed by atoms with van der Waals surface area (Å²) in [6, 6.07) is 0. The molecule has 0 aliphatic rings. The molecule has 0 saturated heterocycles. The van der Waals surface area contributed by atoms with Crippen molar-refractivity contribution in [1.82, 2.24) is 0 Å². The first-order chi connectivity index (χ1) is 7.31. The molecule has 0 aromatic carbocycles. The number of carbonyl (C=O) groups excluding carboxylic acids is 1. The summed E-state index contributed by atoms with van der Waals surface area (Å²) in [4.78, 5) is 11.1.